The second-order valence-electron chi connectivity index (χ2n) is 3.56. The number of aliphatic hydroxyl groups is 1. The highest BCUT2D eigenvalue weighted by molar-refractivity contribution is 5.22. The monoisotopic (exact) mass is 212 g/mol. The van der Waals surface area contributed by atoms with Crippen LogP contribution in [0.3, 0.4) is 0 Å². The van der Waals surface area contributed by atoms with Crippen molar-refractivity contribution in [2.75, 3.05) is 6.61 Å². The van der Waals surface area contributed by atoms with Crippen LogP contribution < -0.4 is 4.74 Å². The molecule has 1 aliphatic heterocycles. The average Bonchev–Trinajstić information content (AvgIpc) is 2.64. The molecular formula is C11H13FO3. The molecule has 0 spiro atoms. The highest BCUT2D eigenvalue weighted by Gasteiger charge is 2.23. The topological polar surface area (TPSA) is 38.7 Å². The SMILES string of the molecule is O[C@@H]1CCC(COc2ccc(F)cc2)O1. The van der Waals surface area contributed by atoms with Crippen molar-refractivity contribution in [2.45, 2.75) is 25.2 Å². The van der Waals surface area contributed by atoms with Gasteiger partial charge in [0, 0.05) is 6.42 Å². The van der Waals surface area contributed by atoms with Crippen molar-refractivity contribution in [3.63, 3.8) is 0 Å². The van der Waals surface area contributed by atoms with Crippen LogP contribution in [-0.2, 0) is 4.74 Å². The third-order valence-corrected chi connectivity index (χ3v) is 2.33. The molecule has 1 aliphatic rings. The first kappa shape index (κ1) is 10.4. The van der Waals surface area contributed by atoms with Gasteiger partial charge in [0.05, 0.1) is 6.10 Å². The van der Waals surface area contributed by atoms with Gasteiger partial charge in [0.2, 0.25) is 0 Å². The first-order valence-corrected chi connectivity index (χ1v) is 4.96. The van der Waals surface area contributed by atoms with E-state index < -0.39 is 6.29 Å². The standard InChI is InChI=1S/C11H13FO3/c12-8-1-3-9(4-2-8)14-7-10-5-6-11(13)15-10/h1-4,10-11,13H,5-7H2/t10?,11-/m0/s1. The minimum Gasteiger partial charge on any atom is -0.491 e. The first-order valence-electron chi connectivity index (χ1n) is 4.96. The summed E-state index contributed by atoms with van der Waals surface area (Å²) in [6, 6.07) is 5.83. The smallest absolute Gasteiger partial charge is 0.155 e. The van der Waals surface area contributed by atoms with Gasteiger partial charge in [-0.05, 0) is 30.7 Å². The fraction of sp³-hybridized carbons (Fsp3) is 0.455. The van der Waals surface area contributed by atoms with Gasteiger partial charge in [-0.2, -0.15) is 0 Å². The number of benzene rings is 1. The molecule has 2 atom stereocenters. The summed E-state index contributed by atoms with van der Waals surface area (Å²) in [5.74, 6) is 0.330. The molecule has 0 aliphatic carbocycles. The Morgan fingerprint density at radius 3 is 2.67 bits per heavy atom. The number of aliphatic hydroxyl groups excluding tert-OH is 1. The number of ether oxygens (including phenoxy) is 2. The Morgan fingerprint density at radius 1 is 1.33 bits per heavy atom. The molecule has 82 valence electrons. The highest BCUT2D eigenvalue weighted by atomic mass is 19.1. The van der Waals surface area contributed by atoms with Gasteiger partial charge in [-0.25, -0.2) is 4.39 Å². The van der Waals surface area contributed by atoms with E-state index in [0.29, 0.717) is 18.8 Å². The lowest BCUT2D eigenvalue weighted by Crippen LogP contribution is -2.18. The molecule has 15 heavy (non-hydrogen) atoms. The molecule has 0 saturated carbocycles. The van der Waals surface area contributed by atoms with Crippen molar-refractivity contribution in [3.8, 4) is 5.75 Å². The van der Waals surface area contributed by atoms with Gasteiger partial charge >= 0.3 is 0 Å². The van der Waals surface area contributed by atoms with Crippen molar-refractivity contribution in [1.82, 2.24) is 0 Å². The number of hydrogen-bond acceptors (Lipinski definition) is 3. The molecule has 1 unspecified atom stereocenters. The third-order valence-electron chi connectivity index (χ3n) is 2.33. The van der Waals surface area contributed by atoms with Crippen molar-refractivity contribution in [2.24, 2.45) is 0 Å². The zero-order valence-electron chi connectivity index (χ0n) is 8.23. The molecule has 0 bridgehead atoms. The van der Waals surface area contributed by atoms with Crippen LogP contribution in [0.5, 0.6) is 5.75 Å². The maximum absolute atomic E-state index is 12.6. The molecule has 0 amide bonds. The van der Waals surface area contributed by atoms with E-state index in [1.165, 1.54) is 12.1 Å². The molecule has 3 nitrogen and oxygen atoms in total. The van der Waals surface area contributed by atoms with Crippen LogP contribution in [0.2, 0.25) is 0 Å². The molecule has 1 N–H and O–H groups in total. The van der Waals surface area contributed by atoms with Crippen LogP contribution in [0.25, 0.3) is 0 Å². The quantitative estimate of drug-likeness (QED) is 0.828. The fourth-order valence-corrected chi connectivity index (χ4v) is 1.53. The number of hydrogen-bond donors (Lipinski definition) is 1. The first-order chi connectivity index (χ1) is 7.24. The second-order valence-corrected chi connectivity index (χ2v) is 3.56. The van der Waals surface area contributed by atoms with Gasteiger partial charge < -0.3 is 14.6 Å². The largest absolute Gasteiger partial charge is 0.491 e. The molecule has 1 saturated heterocycles. The summed E-state index contributed by atoms with van der Waals surface area (Å²) in [6.07, 6.45) is 0.719. The summed E-state index contributed by atoms with van der Waals surface area (Å²) in [4.78, 5) is 0. The molecule has 0 aromatic heterocycles. The molecule has 1 fully saturated rings. The maximum Gasteiger partial charge on any atom is 0.155 e. The Bertz CT molecular complexity index is 312. The zero-order valence-corrected chi connectivity index (χ0v) is 8.23. The summed E-state index contributed by atoms with van der Waals surface area (Å²) < 4.78 is 23.1. The number of rotatable bonds is 3. The van der Waals surface area contributed by atoms with E-state index in [4.69, 9.17) is 14.6 Å². The van der Waals surface area contributed by atoms with Gasteiger partial charge in [-0.3, -0.25) is 0 Å². The Kier molecular flexibility index (Phi) is 3.18. The van der Waals surface area contributed by atoms with Gasteiger partial charge in [0.25, 0.3) is 0 Å². The van der Waals surface area contributed by atoms with Crippen LogP contribution in [0.1, 0.15) is 12.8 Å². The summed E-state index contributed by atoms with van der Waals surface area (Å²) in [6.45, 7) is 0.392. The third kappa shape index (κ3) is 2.91. The van der Waals surface area contributed by atoms with E-state index in [0.717, 1.165) is 6.42 Å². The normalized spacial score (nSPS) is 25.5. The predicted molar refractivity (Wildman–Crippen MR) is 52.0 cm³/mol. The van der Waals surface area contributed by atoms with Crippen LogP contribution >= 0.6 is 0 Å². The van der Waals surface area contributed by atoms with Crippen molar-refractivity contribution >= 4 is 0 Å². The van der Waals surface area contributed by atoms with Crippen LogP contribution in [-0.4, -0.2) is 24.1 Å². The Morgan fingerprint density at radius 2 is 2.07 bits per heavy atom. The van der Waals surface area contributed by atoms with Crippen LogP contribution in [0.15, 0.2) is 24.3 Å². The minimum absolute atomic E-state index is 0.0648. The Balaban J connectivity index is 1.80. The molecule has 1 aromatic carbocycles. The fourth-order valence-electron chi connectivity index (χ4n) is 1.53. The van der Waals surface area contributed by atoms with E-state index in [2.05, 4.69) is 0 Å². The second kappa shape index (κ2) is 4.59. The zero-order chi connectivity index (χ0) is 10.7. The molecule has 2 rings (SSSR count). The molecule has 0 radical (unpaired) electrons. The lowest BCUT2D eigenvalue weighted by atomic mass is 10.2. The lowest BCUT2D eigenvalue weighted by molar-refractivity contribution is -0.0984. The summed E-state index contributed by atoms with van der Waals surface area (Å²) in [7, 11) is 0. The Hall–Kier alpha value is -1.13. The highest BCUT2D eigenvalue weighted by Crippen LogP contribution is 2.19. The predicted octanol–water partition coefficient (Wildman–Crippen LogP) is 1.70. The summed E-state index contributed by atoms with van der Waals surface area (Å²) in [5.41, 5.74) is 0. The summed E-state index contributed by atoms with van der Waals surface area (Å²) in [5, 5.41) is 9.11. The van der Waals surface area contributed by atoms with E-state index in [-0.39, 0.29) is 11.9 Å². The molecular weight excluding hydrogens is 199 g/mol. The van der Waals surface area contributed by atoms with Crippen LogP contribution in [0.4, 0.5) is 4.39 Å². The van der Waals surface area contributed by atoms with Gasteiger partial charge in [-0.1, -0.05) is 0 Å². The van der Waals surface area contributed by atoms with Crippen molar-refractivity contribution < 1.29 is 19.0 Å². The maximum atomic E-state index is 12.6. The lowest BCUT2D eigenvalue weighted by Gasteiger charge is -2.11. The molecule has 4 heteroatoms. The van der Waals surface area contributed by atoms with E-state index in [1.807, 2.05) is 0 Å². The van der Waals surface area contributed by atoms with E-state index >= 15 is 0 Å². The van der Waals surface area contributed by atoms with E-state index in [1.54, 1.807) is 12.1 Å². The minimum atomic E-state index is -0.660. The number of halogens is 1. The van der Waals surface area contributed by atoms with Crippen molar-refractivity contribution in [3.05, 3.63) is 30.1 Å². The molecule has 1 heterocycles. The molecule has 1 aromatic rings. The summed E-state index contributed by atoms with van der Waals surface area (Å²) >= 11 is 0. The van der Waals surface area contributed by atoms with Crippen molar-refractivity contribution in [1.29, 1.82) is 0 Å². The van der Waals surface area contributed by atoms with Gasteiger partial charge in [-0.15, -0.1) is 0 Å². The van der Waals surface area contributed by atoms with Gasteiger partial charge in [0.15, 0.2) is 6.29 Å². The van der Waals surface area contributed by atoms with E-state index in [9.17, 15) is 4.39 Å². The van der Waals surface area contributed by atoms with Crippen LogP contribution in [0, 0.1) is 5.82 Å². The van der Waals surface area contributed by atoms with Gasteiger partial charge in [0.1, 0.15) is 18.2 Å². The Labute approximate surface area is 87.4 Å². The average molecular weight is 212 g/mol.